The third-order valence-corrected chi connectivity index (χ3v) is 2.90. The predicted octanol–water partition coefficient (Wildman–Crippen LogP) is 2.47. The minimum Gasteiger partial charge on any atom is -0.469 e. The lowest BCUT2D eigenvalue weighted by atomic mass is 10.1. The average Bonchev–Trinajstić information content (AvgIpc) is 2.92. The summed E-state index contributed by atoms with van der Waals surface area (Å²) < 4.78 is 5.28. The first-order valence-electron chi connectivity index (χ1n) is 6.71. The number of hydrogen-bond donors (Lipinski definition) is 2. The molecule has 0 radical (unpaired) electrons. The van der Waals surface area contributed by atoms with E-state index in [9.17, 15) is 4.79 Å². The lowest BCUT2D eigenvalue weighted by Gasteiger charge is -2.14. The number of pyridine rings is 1. The van der Waals surface area contributed by atoms with E-state index in [1.807, 2.05) is 26.0 Å². The van der Waals surface area contributed by atoms with Crippen LogP contribution >= 0.6 is 0 Å². The van der Waals surface area contributed by atoms with Crippen LogP contribution in [0.4, 0.5) is 5.69 Å². The van der Waals surface area contributed by atoms with E-state index < -0.39 is 0 Å². The number of nitrogens with zero attached hydrogens (tertiary/aromatic N) is 1. The maximum absolute atomic E-state index is 12.3. The molecule has 5 nitrogen and oxygen atoms in total. The van der Waals surface area contributed by atoms with Gasteiger partial charge in [0.1, 0.15) is 5.76 Å². The lowest BCUT2D eigenvalue weighted by Crippen LogP contribution is -2.34. The van der Waals surface area contributed by atoms with Crippen molar-refractivity contribution >= 4 is 11.6 Å². The van der Waals surface area contributed by atoms with Crippen LogP contribution in [0.1, 0.15) is 30.0 Å². The van der Waals surface area contributed by atoms with Crippen LogP contribution in [-0.2, 0) is 6.42 Å². The molecule has 0 fully saturated rings. The molecule has 106 valence electrons. The summed E-state index contributed by atoms with van der Waals surface area (Å²) in [6, 6.07) is 5.46. The molecule has 0 bridgehead atoms. The third-order valence-electron chi connectivity index (χ3n) is 2.90. The van der Waals surface area contributed by atoms with Gasteiger partial charge in [0.15, 0.2) is 0 Å². The normalized spacial score (nSPS) is 11.9. The van der Waals surface area contributed by atoms with Crippen molar-refractivity contribution in [2.75, 3.05) is 11.9 Å². The van der Waals surface area contributed by atoms with Gasteiger partial charge in [-0.2, -0.15) is 0 Å². The van der Waals surface area contributed by atoms with Gasteiger partial charge in [0.2, 0.25) is 0 Å². The largest absolute Gasteiger partial charge is 0.469 e. The van der Waals surface area contributed by atoms with Crippen molar-refractivity contribution < 1.29 is 9.21 Å². The SMILES string of the molecule is CCNc1cnccc1C(=O)NC(C)Cc1ccco1. The highest BCUT2D eigenvalue weighted by atomic mass is 16.3. The molecular formula is C15H19N3O2. The monoisotopic (exact) mass is 273 g/mol. The maximum Gasteiger partial charge on any atom is 0.253 e. The number of amides is 1. The molecule has 2 aromatic rings. The lowest BCUT2D eigenvalue weighted by molar-refractivity contribution is 0.0940. The van der Waals surface area contributed by atoms with E-state index in [4.69, 9.17) is 4.42 Å². The first kappa shape index (κ1) is 14.1. The molecule has 2 heterocycles. The Balaban J connectivity index is 2.00. The van der Waals surface area contributed by atoms with E-state index in [0.29, 0.717) is 12.0 Å². The van der Waals surface area contributed by atoms with Gasteiger partial charge in [-0.1, -0.05) is 0 Å². The Bertz CT molecular complexity index is 552. The minimum atomic E-state index is -0.109. The van der Waals surface area contributed by atoms with Crippen molar-refractivity contribution in [3.8, 4) is 0 Å². The number of anilines is 1. The van der Waals surface area contributed by atoms with Crippen LogP contribution in [0.2, 0.25) is 0 Å². The molecule has 1 atom stereocenters. The molecule has 0 saturated heterocycles. The van der Waals surface area contributed by atoms with Gasteiger partial charge in [0, 0.05) is 25.2 Å². The van der Waals surface area contributed by atoms with Gasteiger partial charge >= 0.3 is 0 Å². The van der Waals surface area contributed by atoms with Gasteiger partial charge < -0.3 is 15.1 Å². The summed E-state index contributed by atoms with van der Waals surface area (Å²) >= 11 is 0. The van der Waals surface area contributed by atoms with Crippen molar-refractivity contribution in [2.24, 2.45) is 0 Å². The number of hydrogen-bond acceptors (Lipinski definition) is 4. The Labute approximate surface area is 118 Å². The number of aromatic nitrogens is 1. The summed E-state index contributed by atoms with van der Waals surface area (Å²) in [4.78, 5) is 16.3. The maximum atomic E-state index is 12.3. The molecule has 0 aromatic carbocycles. The minimum absolute atomic E-state index is 0.00343. The Hall–Kier alpha value is -2.30. The van der Waals surface area contributed by atoms with Crippen molar-refractivity contribution in [3.63, 3.8) is 0 Å². The molecule has 0 spiro atoms. The van der Waals surface area contributed by atoms with E-state index in [1.54, 1.807) is 24.7 Å². The third kappa shape index (κ3) is 3.60. The second-order valence-electron chi connectivity index (χ2n) is 4.61. The van der Waals surface area contributed by atoms with Crippen molar-refractivity contribution in [1.82, 2.24) is 10.3 Å². The quantitative estimate of drug-likeness (QED) is 0.848. The molecule has 20 heavy (non-hydrogen) atoms. The van der Waals surface area contributed by atoms with Crippen LogP contribution in [0.3, 0.4) is 0 Å². The van der Waals surface area contributed by atoms with E-state index >= 15 is 0 Å². The van der Waals surface area contributed by atoms with E-state index in [-0.39, 0.29) is 11.9 Å². The molecule has 5 heteroatoms. The van der Waals surface area contributed by atoms with Gasteiger partial charge in [0.05, 0.1) is 23.7 Å². The summed E-state index contributed by atoms with van der Waals surface area (Å²) in [7, 11) is 0. The molecule has 2 N–H and O–H groups in total. The van der Waals surface area contributed by atoms with Crippen LogP contribution in [0.5, 0.6) is 0 Å². The molecule has 1 unspecified atom stereocenters. The fourth-order valence-electron chi connectivity index (χ4n) is 2.01. The van der Waals surface area contributed by atoms with Crippen molar-refractivity contribution in [2.45, 2.75) is 26.3 Å². The molecule has 1 amide bonds. The van der Waals surface area contributed by atoms with Gasteiger partial charge in [0.25, 0.3) is 5.91 Å². The van der Waals surface area contributed by atoms with Gasteiger partial charge in [-0.3, -0.25) is 9.78 Å². The number of carbonyl (C=O) groups excluding carboxylic acids is 1. The first-order valence-corrected chi connectivity index (χ1v) is 6.71. The smallest absolute Gasteiger partial charge is 0.253 e. The topological polar surface area (TPSA) is 67.2 Å². The summed E-state index contributed by atoms with van der Waals surface area (Å²) in [5.41, 5.74) is 1.35. The molecule has 0 aliphatic carbocycles. The van der Waals surface area contributed by atoms with Crippen LogP contribution in [-0.4, -0.2) is 23.5 Å². The average molecular weight is 273 g/mol. The molecule has 0 saturated carbocycles. The molecular weight excluding hydrogens is 254 g/mol. The summed E-state index contributed by atoms with van der Waals surface area (Å²) in [5.74, 6) is 0.752. The zero-order valence-corrected chi connectivity index (χ0v) is 11.7. The van der Waals surface area contributed by atoms with Crippen LogP contribution in [0.25, 0.3) is 0 Å². The highest BCUT2D eigenvalue weighted by Gasteiger charge is 2.14. The van der Waals surface area contributed by atoms with Gasteiger partial charge in [-0.15, -0.1) is 0 Å². The number of nitrogens with one attached hydrogen (secondary N) is 2. The Morgan fingerprint density at radius 2 is 2.30 bits per heavy atom. The van der Waals surface area contributed by atoms with Gasteiger partial charge in [-0.05, 0) is 32.0 Å². The zero-order chi connectivity index (χ0) is 14.4. The zero-order valence-electron chi connectivity index (χ0n) is 11.7. The van der Waals surface area contributed by atoms with Gasteiger partial charge in [-0.25, -0.2) is 0 Å². The predicted molar refractivity (Wildman–Crippen MR) is 77.7 cm³/mol. The Morgan fingerprint density at radius 3 is 3.00 bits per heavy atom. The van der Waals surface area contributed by atoms with Crippen molar-refractivity contribution in [1.29, 1.82) is 0 Å². The highest BCUT2D eigenvalue weighted by molar-refractivity contribution is 5.99. The van der Waals surface area contributed by atoms with E-state index in [1.165, 1.54) is 0 Å². The fourth-order valence-corrected chi connectivity index (χ4v) is 2.01. The molecule has 0 aliphatic heterocycles. The number of rotatable bonds is 6. The Morgan fingerprint density at radius 1 is 1.45 bits per heavy atom. The summed E-state index contributed by atoms with van der Waals surface area (Å²) in [6.07, 6.45) is 5.58. The number of furan rings is 1. The van der Waals surface area contributed by atoms with Crippen LogP contribution in [0, 0.1) is 0 Å². The van der Waals surface area contributed by atoms with E-state index in [2.05, 4.69) is 15.6 Å². The first-order chi connectivity index (χ1) is 9.70. The Kier molecular flexibility index (Phi) is 4.76. The molecule has 0 aliphatic rings. The van der Waals surface area contributed by atoms with E-state index in [0.717, 1.165) is 18.0 Å². The van der Waals surface area contributed by atoms with Crippen molar-refractivity contribution in [3.05, 3.63) is 48.2 Å². The summed E-state index contributed by atoms with van der Waals surface area (Å²) in [5, 5.41) is 6.10. The highest BCUT2D eigenvalue weighted by Crippen LogP contribution is 2.13. The fraction of sp³-hybridized carbons (Fsp3) is 0.333. The van der Waals surface area contributed by atoms with Crippen LogP contribution < -0.4 is 10.6 Å². The molecule has 2 rings (SSSR count). The number of carbonyl (C=O) groups is 1. The van der Waals surface area contributed by atoms with Crippen LogP contribution in [0.15, 0.2) is 41.3 Å². The molecule has 2 aromatic heterocycles. The second kappa shape index (κ2) is 6.75. The standard InChI is InChI=1S/C15H19N3O2/c1-3-17-14-10-16-7-6-13(14)15(19)18-11(2)9-12-5-4-8-20-12/h4-8,10-11,17H,3,9H2,1-2H3,(H,18,19). The summed E-state index contributed by atoms with van der Waals surface area (Å²) in [6.45, 7) is 4.68. The second-order valence-corrected chi connectivity index (χ2v) is 4.61.